The van der Waals surface area contributed by atoms with Gasteiger partial charge in [-0.2, -0.15) is 0 Å². The van der Waals surface area contributed by atoms with Crippen LogP contribution in [0.4, 0.5) is 0 Å². The van der Waals surface area contributed by atoms with Crippen LogP contribution >= 0.6 is 11.8 Å². The molecule has 0 aliphatic rings. The molecule has 1 aromatic carbocycles. The first-order chi connectivity index (χ1) is 5.86. The van der Waals surface area contributed by atoms with Crippen LogP contribution in [0.25, 0.3) is 6.08 Å². The fourth-order valence-electron chi connectivity index (χ4n) is 0.969. The van der Waals surface area contributed by atoms with Gasteiger partial charge in [-0.05, 0) is 30.4 Å². The summed E-state index contributed by atoms with van der Waals surface area (Å²) in [6.07, 6.45) is 7.53. The fourth-order valence-corrected chi connectivity index (χ4v) is 1.38. The maximum absolute atomic E-state index is 2.17. The van der Waals surface area contributed by atoms with Gasteiger partial charge in [-0.25, -0.2) is 0 Å². The van der Waals surface area contributed by atoms with Crippen LogP contribution in [0.5, 0.6) is 0 Å². The van der Waals surface area contributed by atoms with Gasteiger partial charge in [0, 0.05) is 4.90 Å². The molecule has 0 atom stereocenters. The van der Waals surface area contributed by atoms with Crippen molar-refractivity contribution < 1.29 is 0 Å². The molecule has 64 valence electrons. The number of thioether (sulfide) groups is 1. The Morgan fingerprint density at radius 3 is 2.42 bits per heavy atom. The van der Waals surface area contributed by atoms with E-state index in [0.29, 0.717) is 0 Å². The first-order valence-electron chi connectivity index (χ1n) is 4.17. The Kier molecular flexibility index (Phi) is 3.95. The van der Waals surface area contributed by atoms with Gasteiger partial charge in [0.15, 0.2) is 0 Å². The summed E-state index contributed by atoms with van der Waals surface area (Å²) in [5.41, 5.74) is 1.29. The van der Waals surface area contributed by atoms with E-state index in [9.17, 15) is 0 Å². The summed E-state index contributed by atoms with van der Waals surface area (Å²) in [6.45, 7) is 2.15. The Morgan fingerprint density at radius 2 is 1.92 bits per heavy atom. The molecule has 0 nitrogen and oxygen atoms in total. The number of benzene rings is 1. The van der Waals surface area contributed by atoms with Crippen LogP contribution < -0.4 is 0 Å². The minimum atomic E-state index is 1.10. The molecule has 0 heterocycles. The highest BCUT2D eigenvalue weighted by Gasteiger charge is 1.88. The molecule has 0 amide bonds. The number of rotatable bonds is 3. The Balaban J connectivity index is 2.71. The van der Waals surface area contributed by atoms with Crippen molar-refractivity contribution in [2.75, 3.05) is 6.26 Å². The zero-order valence-electron chi connectivity index (χ0n) is 7.58. The highest BCUT2D eigenvalue weighted by molar-refractivity contribution is 7.98. The van der Waals surface area contributed by atoms with Gasteiger partial charge in [0.2, 0.25) is 0 Å². The minimum Gasteiger partial charge on any atom is -0.130 e. The summed E-state index contributed by atoms with van der Waals surface area (Å²) in [5, 5.41) is 0. The maximum Gasteiger partial charge on any atom is 0.00695 e. The lowest BCUT2D eigenvalue weighted by atomic mass is 10.2. The van der Waals surface area contributed by atoms with Crippen molar-refractivity contribution in [3.8, 4) is 0 Å². The highest BCUT2D eigenvalue weighted by Crippen LogP contribution is 2.15. The van der Waals surface area contributed by atoms with Crippen molar-refractivity contribution in [3.63, 3.8) is 0 Å². The van der Waals surface area contributed by atoms with E-state index in [2.05, 4.69) is 49.6 Å². The van der Waals surface area contributed by atoms with Crippen LogP contribution in [-0.2, 0) is 0 Å². The second-order valence-corrected chi connectivity index (χ2v) is 3.46. The van der Waals surface area contributed by atoms with Crippen molar-refractivity contribution in [1.82, 2.24) is 0 Å². The van der Waals surface area contributed by atoms with Crippen molar-refractivity contribution in [2.24, 2.45) is 0 Å². The van der Waals surface area contributed by atoms with Crippen LogP contribution in [0.15, 0.2) is 35.2 Å². The van der Waals surface area contributed by atoms with Gasteiger partial charge in [-0.15, -0.1) is 11.8 Å². The van der Waals surface area contributed by atoms with Crippen molar-refractivity contribution >= 4 is 17.8 Å². The highest BCUT2D eigenvalue weighted by atomic mass is 32.2. The Bertz CT molecular complexity index is 246. The number of hydrogen-bond donors (Lipinski definition) is 0. The summed E-state index contributed by atoms with van der Waals surface area (Å²) in [4.78, 5) is 1.32. The topological polar surface area (TPSA) is 0 Å². The van der Waals surface area contributed by atoms with Gasteiger partial charge in [-0.1, -0.05) is 31.2 Å². The summed E-state index contributed by atoms with van der Waals surface area (Å²) >= 11 is 1.78. The summed E-state index contributed by atoms with van der Waals surface area (Å²) < 4.78 is 0. The molecule has 0 saturated heterocycles. The summed E-state index contributed by atoms with van der Waals surface area (Å²) in [7, 11) is 0. The van der Waals surface area contributed by atoms with Gasteiger partial charge in [0.05, 0.1) is 0 Å². The average molecular weight is 178 g/mol. The lowest BCUT2D eigenvalue weighted by Gasteiger charge is -1.96. The molecule has 0 aromatic heterocycles. The van der Waals surface area contributed by atoms with Crippen LogP contribution in [0.3, 0.4) is 0 Å². The minimum absolute atomic E-state index is 1.10. The predicted octanol–water partition coefficient (Wildman–Crippen LogP) is 3.83. The molecule has 12 heavy (non-hydrogen) atoms. The van der Waals surface area contributed by atoms with Crippen LogP contribution in [0, 0.1) is 0 Å². The van der Waals surface area contributed by atoms with Crippen LogP contribution in [0.1, 0.15) is 18.9 Å². The van der Waals surface area contributed by atoms with Crippen molar-refractivity contribution in [2.45, 2.75) is 18.2 Å². The summed E-state index contributed by atoms with van der Waals surface area (Å²) in [5.74, 6) is 0. The van der Waals surface area contributed by atoms with Gasteiger partial charge < -0.3 is 0 Å². The first-order valence-corrected chi connectivity index (χ1v) is 5.40. The van der Waals surface area contributed by atoms with E-state index < -0.39 is 0 Å². The molecule has 1 rings (SSSR count). The van der Waals surface area contributed by atoms with Crippen LogP contribution in [-0.4, -0.2) is 6.26 Å². The molecule has 0 unspecified atom stereocenters. The Hall–Kier alpha value is -0.690. The van der Waals surface area contributed by atoms with Gasteiger partial charge in [0.25, 0.3) is 0 Å². The van der Waals surface area contributed by atoms with E-state index in [1.165, 1.54) is 10.5 Å². The van der Waals surface area contributed by atoms with E-state index in [4.69, 9.17) is 0 Å². The van der Waals surface area contributed by atoms with Crippen molar-refractivity contribution in [3.05, 3.63) is 35.9 Å². The molecule has 0 N–H and O–H groups in total. The number of hydrogen-bond acceptors (Lipinski definition) is 1. The molecule has 0 aliphatic heterocycles. The first kappa shape index (κ1) is 9.40. The molecule has 0 saturated carbocycles. The van der Waals surface area contributed by atoms with E-state index in [1.807, 2.05) is 0 Å². The van der Waals surface area contributed by atoms with E-state index in [-0.39, 0.29) is 0 Å². The van der Waals surface area contributed by atoms with Crippen molar-refractivity contribution in [1.29, 1.82) is 0 Å². The standard InChI is InChI=1S/C11H14S/c1-3-4-5-10-6-8-11(12-2)9-7-10/h4-9H,3H2,1-2H3/b5-4+. The third-order valence-corrected chi connectivity index (χ3v) is 2.41. The summed E-state index contributed by atoms with van der Waals surface area (Å²) in [6, 6.07) is 8.61. The maximum atomic E-state index is 2.17. The molecule has 0 aliphatic carbocycles. The predicted molar refractivity (Wildman–Crippen MR) is 57.5 cm³/mol. The normalized spacial score (nSPS) is 10.8. The largest absolute Gasteiger partial charge is 0.130 e. The smallest absolute Gasteiger partial charge is 0.00695 e. The fraction of sp³-hybridized carbons (Fsp3) is 0.273. The molecule has 0 radical (unpaired) electrons. The molecular formula is C11H14S. The zero-order valence-corrected chi connectivity index (χ0v) is 8.40. The third kappa shape index (κ3) is 2.74. The lowest BCUT2D eigenvalue weighted by Crippen LogP contribution is -1.72. The Morgan fingerprint density at radius 1 is 1.25 bits per heavy atom. The van der Waals surface area contributed by atoms with E-state index >= 15 is 0 Å². The molecule has 1 heteroatoms. The average Bonchev–Trinajstić information content (AvgIpc) is 2.15. The molecule has 0 spiro atoms. The molecule has 0 bridgehead atoms. The van der Waals surface area contributed by atoms with Crippen LogP contribution in [0.2, 0.25) is 0 Å². The third-order valence-electron chi connectivity index (χ3n) is 1.66. The molecular weight excluding hydrogens is 164 g/mol. The van der Waals surface area contributed by atoms with Gasteiger partial charge in [-0.3, -0.25) is 0 Å². The molecule has 1 aromatic rings. The second-order valence-electron chi connectivity index (χ2n) is 2.58. The van der Waals surface area contributed by atoms with Gasteiger partial charge in [0.1, 0.15) is 0 Å². The zero-order chi connectivity index (χ0) is 8.81. The van der Waals surface area contributed by atoms with E-state index in [1.54, 1.807) is 11.8 Å². The number of allylic oxidation sites excluding steroid dienone is 1. The van der Waals surface area contributed by atoms with Gasteiger partial charge >= 0.3 is 0 Å². The second kappa shape index (κ2) is 5.04. The molecule has 0 fully saturated rings. The monoisotopic (exact) mass is 178 g/mol. The lowest BCUT2D eigenvalue weighted by molar-refractivity contribution is 1.23. The quantitative estimate of drug-likeness (QED) is 0.634. The Labute approximate surface area is 78.7 Å². The van der Waals surface area contributed by atoms with E-state index in [0.717, 1.165) is 6.42 Å². The SMILES string of the molecule is CC/C=C/c1ccc(SC)cc1.